The van der Waals surface area contributed by atoms with Gasteiger partial charge in [-0.1, -0.05) is 49.3 Å². The zero-order valence-electron chi connectivity index (χ0n) is 17.5. The Hall–Kier alpha value is -1.61. The Morgan fingerprint density at radius 2 is 1.89 bits per heavy atom. The first-order valence-corrected chi connectivity index (χ1v) is 9.81. The van der Waals surface area contributed by atoms with Gasteiger partial charge in [0.15, 0.2) is 5.96 Å². The Kier molecular flexibility index (Phi) is 11.8. The molecule has 0 aliphatic heterocycles. The molecule has 7 heteroatoms. The molecule has 0 amide bonds. The lowest BCUT2D eigenvalue weighted by atomic mass is 10.1. The van der Waals surface area contributed by atoms with Gasteiger partial charge in [-0.05, 0) is 32.0 Å². The molecule has 2 N–H and O–H groups in total. The molecule has 0 saturated heterocycles. The van der Waals surface area contributed by atoms with E-state index < -0.39 is 0 Å². The van der Waals surface area contributed by atoms with Gasteiger partial charge in [-0.25, -0.2) is 0 Å². The zero-order valence-corrected chi connectivity index (χ0v) is 19.8. The van der Waals surface area contributed by atoms with Gasteiger partial charge in [-0.3, -0.25) is 4.99 Å². The predicted octanol–water partition coefficient (Wildman–Crippen LogP) is 3.60. The van der Waals surface area contributed by atoms with Crippen molar-refractivity contribution in [2.24, 2.45) is 4.99 Å². The van der Waals surface area contributed by atoms with Gasteiger partial charge in [0.05, 0.1) is 5.69 Å². The SMILES string of the molecule is CCc1noc(CC)c1CNC(=NC)NCCCN(C)Cc1ccccc1.I. The summed E-state index contributed by atoms with van der Waals surface area (Å²) in [5.41, 5.74) is 3.53. The van der Waals surface area contributed by atoms with E-state index in [1.54, 1.807) is 7.05 Å². The fourth-order valence-corrected chi connectivity index (χ4v) is 3.06. The molecule has 2 aromatic rings. The largest absolute Gasteiger partial charge is 0.361 e. The molecule has 2 rings (SSSR count). The lowest BCUT2D eigenvalue weighted by Crippen LogP contribution is -2.38. The molecule has 0 fully saturated rings. The molecule has 156 valence electrons. The maximum atomic E-state index is 5.42. The Balaban J connectivity index is 0.00000392. The summed E-state index contributed by atoms with van der Waals surface area (Å²) in [6.07, 6.45) is 2.78. The zero-order chi connectivity index (χ0) is 19.5. The van der Waals surface area contributed by atoms with Crippen molar-refractivity contribution in [1.82, 2.24) is 20.7 Å². The number of guanidine groups is 1. The van der Waals surface area contributed by atoms with E-state index in [4.69, 9.17) is 4.52 Å². The Morgan fingerprint density at radius 1 is 1.14 bits per heavy atom. The summed E-state index contributed by atoms with van der Waals surface area (Å²) < 4.78 is 5.42. The maximum absolute atomic E-state index is 5.42. The first-order valence-electron chi connectivity index (χ1n) is 9.81. The van der Waals surface area contributed by atoms with Crippen molar-refractivity contribution in [3.63, 3.8) is 0 Å². The summed E-state index contributed by atoms with van der Waals surface area (Å²) >= 11 is 0. The molecule has 0 aliphatic rings. The van der Waals surface area contributed by atoms with E-state index in [-0.39, 0.29) is 24.0 Å². The number of halogens is 1. The summed E-state index contributed by atoms with van der Waals surface area (Å²) in [4.78, 5) is 6.65. The standard InChI is InChI=1S/C21H33N5O.HI/c1-5-19-18(20(6-2)27-25-19)15-24-21(22-3)23-13-10-14-26(4)16-17-11-8-7-9-12-17;/h7-9,11-12H,5-6,10,13-16H2,1-4H3,(H2,22,23,24);1H. The maximum Gasteiger partial charge on any atom is 0.191 e. The van der Waals surface area contributed by atoms with Crippen molar-refractivity contribution < 1.29 is 4.52 Å². The quantitative estimate of drug-likeness (QED) is 0.226. The first kappa shape index (κ1) is 24.4. The second kappa shape index (κ2) is 13.5. The smallest absolute Gasteiger partial charge is 0.191 e. The van der Waals surface area contributed by atoms with Crippen molar-refractivity contribution in [3.8, 4) is 0 Å². The summed E-state index contributed by atoms with van der Waals surface area (Å²) in [6.45, 7) is 7.75. The van der Waals surface area contributed by atoms with E-state index in [1.807, 2.05) is 0 Å². The van der Waals surface area contributed by atoms with E-state index in [1.165, 1.54) is 5.56 Å². The Bertz CT molecular complexity index is 681. The Labute approximate surface area is 186 Å². The molecule has 0 bridgehead atoms. The van der Waals surface area contributed by atoms with Crippen molar-refractivity contribution in [1.29, 1.82) is 0 Å². The predicted molar refractivity (Wildman–Crippen MR) is 126 cm³/mol. The molecule has 1 aromatic heterocycles. The number of nitrogens with zero attached hydrogens (tertiary/aromatic N) is 3. The van der Waals surface area contributed by atoms with Crippen molar-refractivity contribution >= 4 is 29.9 Å². The van der Waals surface area contributed by atoms with Crippen LogP contribution in [-0.4, -0.2) is 43.2 Å². The van der Waals surface area contributed by atoms with Crippen LogP contribution in [-0.2, 0) is 25.9 Å². The van der Waals surface area contributed by atoms with E-state index in [2.05, 4.69) is 76.9 Å². The van der Waals surface area contributed by atoms with Crippen LogP contribution >= 0.6 is 24.0 Å². The fourth-order valence-electron chi connectivity index (χ4n) is 3.06. The highest BCUT2D eigenvalue weighted by Crippen LogP contribution is 2.15. The normalized spacial score (nSPS) is 11.4. The number of aliphatic imine (C=N–C) groups is 1. The molecule has 0 unspecified atom stereocenters. The first-order chi connectivity index (χ1) is 13.2. The van der Waals surface area contributed by atoms with Gasteiger partial charge in [0.2, 0.25) is 0 Å². The number of rotatable bonds is 10. The van der Waals surface area contributed by atoms with Gasteiger partial charge >= 0.3 is 0 Å². The number of benzene rings is 1. The van der Waals surface area contributed by atoms with Crippen LogP contribution in [0.15, 0.2) is 39.8 Å². The van der Waals surface area contributed by atoms with Gasteiger partial charge in [0.1, 0.15) is 5.76 Å². The van der Waals surface area contributed by atoms with E-state index in [0.29, 0.717) is 6.54 Å². The molecule has 0 saturated carbocycles. The van der Waals surface area contributed by atoms with Gasteiger partial charge in [-0.2, -0.15) is 0 Å². The van der Waals surface area contributed by atoms with Gasteiger partial charge in [-0.15, -0.1) is 24.0 Å². The average Bonchev–Trinajstić information content (AvgIpc) is 3.10. The molecular weight excluding hydrogens is 465 g/mol. The van der Waals surface area contributed by atoms with Crippen LogP contribution in [0.4, 0.5) is 0 Å². The van der Waals surface area contributed by atoms with Crippen molar-refractivity contribution in [2.45, 2.75) is 46.2 Å². The second-order valence-corrected chi connectivity index (χ2v) is 6.67. The second-order valence-electron chi connectivity index (χ2n) is 6.67. The minimum atomic E-state index is 0. The number of hydrogen-bond acceptors (Lipinski definition) is 4. The highest BCUT2D eigenvalue weighted by Gasteiger charge is 2.13. The molecule has 28 heavy (non-hydrogen) atoms. The minimum absolute atomic E-state index is 0. The Morgan fingerprint density at radius 3 is 2.54 bits per heavy atom. The van der Waals surface area contributed by atoms with E-state index in [9.17, 15) is 0 Å². The molecule has 0 atom stereocenters. The minimum Gasteiger partial charge on any atom is -0.361 e. The molecular formula is C21H34IN5O. The van der Waals surface area contributed by atoms with Crippen LogP contribution in [0.3, 0.4) is 0 Å². The molecule has 6 nitrogen and oxygen atoms in total. The topological polar surface area (TPSA) is 65.7 Å². The summed E-state index contributed by atoms with van der Waals surface area (Å²) in [5.74, 6) is 1.77. The van der Waals surface area contributed by atoms with E-state index in [0.717, 1.165) is 61.9 Å². The summed E-state index contributed by atoms with van der Waals surface area (Å²) in [7, 11) is 3.95. The lowest BCUT2D eigenvalue weighted by molar-refractivity contribution is 0.322. The highest BCUT2D eigenvalue weighted by atomic mass is 127. The van der Waals surface area contributed by atoms with Gasteiger partial charge in [0, 0.05) is 38.7 Å². The van der Waals surface area contributed by atoms with Crippen LogP contribution in [0.2, 0.25) is 0 Å². The third-order valence-corrected chi connectivity index (χ3v) is 4.57. The van der Waals surface area contributed by atoms with Crippen LogP contribution in [0, 0.1) is 0 Å². The fraction of sp³-hybridized carbons (Fsp3) is 0.524. The number of aryl methyl sites for hydroxylation is 2. The van der Waals surface area contributed by atoms with Gasteiger partial charge in [0.25, 0.3) is 0 Å². The van der Waals surface area contributed by atoms with Gasteiger partial charge < -0.3 is 20.1 Å². The molecule has 0 spiro atoms. The van der Waals surface area contributed by atoms with Crippen LogP contribution in [0.25, 0.3) is 0 Å². The van der Waals surface area contributed by atoms with Crippen LogP contribution in [0.1, 0.15) is 42.8 Å². The number of nitrogens with one attached hydrogen (secondary N) is 2. The van der Waals surface area contributed by atoms with Crippen LogP contribution < -0.4 is 10.6 Å². The monoisotopic (exact) mass is 499 g/mol. The van der Waals surface area contributed by atoms with Crippen molar-refractivity contribution in [3.05, 3.63) is 52.9 Å². The lowest BCUT2D eigenvalue weighted by Gasteiger charge is -2.17. The van der Waals surface area contributed by atoms with Crippen molar-refractivity contribution in [2.75, 3.05) is 27.2 Å². The average molecular weight is 499 g/mol. The number of aromatic nitrogens is 1. The molecule has 0 aliphatic carbocycles. The third kappa shape index (κ3) is 7.79. The highest BCUT2D eigenvalue weighted by molar-refractivity contribution is 14.0. The van der Waals surface area contributed by atoms with Crippen LogP contribution in [0.5, 0.6) is 0 Å². The third-order valence-electron chi connectivity index (χ3n) is 4.57. The summed E-state index contributed by atoms with van der Waals surface area (Å²) in [6, 6.07) is 10.6. The molecule has 1 aromatic carbocycles. The number of hydrogen-bond donors (Lipinski definition) is 2. The van der Waals surface area contributed by atoms with E-state index >= 15 is 0 Å². The molecule has 1 heterocycles. The summed E-state index contributed by atoms with van der Waals surface area (Å²) in [5, 5.41) is 10.9. The molecule has 0 radical (unpaired) electrons.